The average Bonchev–Trinajstić information content (AvgIpc) is 2.55. The molecule has 2 aromatic rings. The first kappa shape index (κ1) is 20.9. The lowest BCUT2D eigenvalue weighted by atomic mass is 10.2. The number of benzene rings is 2. The number of unbranched alkanes of at least 4 members (excludes halogenated alkanes) is 2. The van der Waals surface area contributed by atoms with Gasteiger partial charge >= 0.3 is 0 Å². The van der Waals surface area contributed by atoms with Crippen molar-refractivity contribution in [1.29, 1.82) is 0 Å². The molecule has 2 rings (SSSR count). The monoisotopic (exact) mass is 415 g/mol. The number of halogens is 3. The van der Waals surface area contributed by atoms with Crippen LogP contribution in [0.1, 0.15) is 37.3 Å². The molecule has 0 saturated carbocycles. The molecule has 0 aromatic heterocycles. The SMILES string of the molecule is CCCCCNCc1cc(Br)ccc1OCc1ccc(F)cc1.Cl. The van der Waals surface area contributed by atoms with E-state index in [1.807, 2.05) is 12.1 Å². The fourth-order valence-electron chi connectivity index (χ4n) is 2.29. The van der Waals surface area contributed by atoms with Crippen molar-refractivity contribution < 1.29 is 9.13 Å². The highest BCUT2D eigenvalue weighted by molar-refractivity contribution is 9.10. The minimum absolute atomic E-state index is 0. The van der Waals surface area contributed by atoms with E-state index >= 15 is 0 Å². The molecule has 0 radical (unpaired) electrons. The highest BCUT2D eigenvalue weighted by atomic mass is 79.9. The lowest BCUT2D eigenvalue weighted by Gasteiger charge is -2.13. The van der Waals surface area contributed by atoms with Crippen molar-refractivity contribution >= 4 is 28.3 Å². The van der Waals surface area contributed by atoms with Crippen LogP contribution in [0.3, 0.4) is 0 Å². The second kappa shape index (κ2) is 11.5. The Morgan fingerprint density at radius 3 is 2.54 bits per heavy atom. The Hall–Kier alpha value is -1.10. The minimum Gasteiger partial charge on any atom is -0.489 e. The molecule has 0 spiro atoms. The van der Waals surface area contributed by atoms with Gasteiger partial charge in [0, 0.05) is 16.6 Å². The molecule has 0 fully saturated rings. The summed E-state index contributed by atoms with van der Waals surface area (Å²) in [7, 11) is 0. The summed E-state index contributed by atoms with van der Waals surface area (Å²) in [6.45, 7) is 4.43. The van der Waals surface area contributed by atoms with Gasteiger partial charge in [0.2, 0.25) is 0 Å². The Kier molecular flexibility index (Phi) is 9.99. The van der Waals surface area contributed by atoms with E-state index in [0.29, 0.717) is 6.61 Å². The van der Waals surface area contributed by atoms with E-state index in [0.717, 1.165) is 34.4 Å². The maximum Gasteiger partial charge on any atom is 0.124 e. The maximum absolute atomic E-state index is 12.9. The molecular weight excluding hydrogens is 393 g/mol. The zero-order chi connectivity index (χ0) is 16.5. The molecule has 0 unspecified atom stereocenters. The average molecular weight is 417 g/mol. The van der Waals surface area contributed by atoms with Crippen LogP contribution in [0.4, 0.5) is 4.39 Å². The third-order valence-electron chi connectivity index (χ3n) is 3.60. The highest BCUT2D eigenvalue weighted by Crippen LogP contribution is 2.24. The van der Waals surface area contributed by atoms with Gasteiger partial charge in [0.15, 0.2) is 0 Å². The number of ether oxygens (including phenoxy) is 1. The molecule has 2 aromatic carbocycles. The van der Waals surface area contributed by atoms with Crippen LogP contribution < -0.4 is 10.1 Å². The van der Waals surface area contributed by atoms with Crippen LogP contribution in [0.15, 0.2) is 46.9 Å². The molecular formula is C19H24BrClFNO. The van der Waals surface area contributed by atoms with Crippen LogP contribution >= 0.6 is 28.3 Å². The van der Waals surface area contributed by atoms with Crippen LogP contribution in [0.2, 0.25) is 0 Å². The van der Waals surface area contributed by atoms with Gasteiger partial charge in [0.05, 0.1) is 0 Å². The van der Waals surface area contributed by atoms with Crippen molar-refractivity contribution in [3.63, 3.8) is 0 Å². The Bertz CT molecular complexity index is 607. The van der Waals surface area contributed by atoms with Crippen molar-refractivity contribution in [3.8, 4) is 5.75 Å². The van der Waals surface area contributed by atoms with Crippen molar-refractivity contribution in [2.45, 2.75) is 39.3 Å². The third kappa shape index (κ3) is 7.20. The Labute approximate surface area is 158 Å². The summed E-state index contributed by atoms with van der Waals surface area (Å²) in [6, 6.07) is 12.4. The van der Waals surface area contributed by atoms with Gasteiger partial charge in [-0.25, -0.2) is 4.39 Å². The van der Waals surface area contributed by atoms with E-state index in [4.69, 9.17) is 4.74 Å². The number of rotatable bonds is 9. The smallest absolute Gasteiger partial charge is 0.124 e. The lowest BCUT2D eigenvalue weighted by Crippen LogP contribution is -2.15. The van der Waals surface area contributed by atoms with Crippen molar-refractivity contribution in [3.05, 3.63) is 63.9 Å². The van der Waals surface area contributed by atoms with Crippen molar-refractivity contribution in [1.82, 2.24) is 5.32 Å². The van der Waals surface area contributed by atoms with Crippen LogP contribution in [-0.4, -0.2) is 6.54 Å². The van der Waals surface area contributed by atoms with E-state index in [2.05, 4.69) is 34.2 Å². The Balaban J connectivity index is 0.00000288. The molecule has 2 nitrogen and oxygen atoms in total. The van der Waals surface area contributed by atoms with E-state index in [1.165, 1.54) is 31.4 Å². The van der Waals surface area contributed by atoms with Gasteiger partial charge < -0.3 is 10.1 Å². The molecule has 0 amide bonds. The summed E-state index contributed by atoms with van der Waals surface area (Å²) in [5.41, 5.74) is 2.08. The van der Waals surface area contributed by atoms with Gasteiger partial charge in [0.1, 0.15) is 18.2 Å². The van der Waals surface area contributed by atoms with Gasteiger partial charge in [-0.1, -0.05) is 47.8 Å². The van der Waals surface area contributed by atoms with Gasteiger partial charge in [-0.05, 0) is 48.9 Å². The Morgan fingerprint density at radius 1 is 1.08 bits per heavy atom. The lowest BCUT2D eigenvalue weighted by molar-refractivity contribution is 0.302. The fourth-order valence-corrected chi connectivity index (χ4v) is 2.70. The molecule has 0 aliphatic carbocycles. The quantitative estimate of drug-likeness (QED) is 0.516. The summed E-state index contributed by atoms with van der Waals surface area (Å²) in [5.74, 6) is 0.634. The number of hydrogen-bond donors (Lipinski definition) is 1. The van der Waals surface area contributed by atoms with E-state index < -0.39 is 0 Å². The summed E-state index contributed by atoms with van der Waals surface area (Å²) in [5, 5.41) is 3.46. The second-order valence-corrected chi connectivity index (χ2v) is 6.47. The molecule has 0 saturated heterocycles. The van der Waals surface area contributed by atoms with Gasteiger partial charge in [0.25, 0.3) is 0 Å². The van der Waals surface area contributed by atoms with E-state index in [-0.39, 0.29) is 18.2 Å². The zero-order valence-electron chi connectivity index (χ0n) is 13.9. The Morgan fingerprint density at radius 2 is 1.83 bits per heavy atom. The fraction of sp³-hybridized carbons (Fsp3) is 0.368. The van der Waals surface area contributed by atoms with Gasteiger partial charge in [-0.2, -0.15) is 0 Å². The first-order valence-corrected chi connectivity index (χ1v) is 8.84. The number of hydrogen-bond acceptors (Lipinski definition) is 2. The molecule has 0 heterocycles. The van der Waals surface area contributed by atoms with E-state index in [1.54, 1.807) is 12.1 Å². The minimum atomic E-state index is -0.227. The highest BCUT2D eigenvalue weighted by Gasteiger charge is 2.05. The molecule has 0 atom stereocenters. The summed E-state index contributed by atoms with van der Waals surface area (Å²) < 4.78 is 19.9. The summed E-state index contributed by atoms with van der Waals surface area (Å²) in [6.07, 6.45) is 3.67. The van der Waals surface area contributed by atoms with E-state index in [9.17, 15) is 4.39 Å². The van der Waals surface area contributed by atoms with Crippen LogP contribution in [0, 0.1) is 5.82 Å². The van der Waals surface area contributed by atoms with Gasteiger partial charge in [-0.15, -0.1) is 12.4 Å². The zero-order valence-corrected chi connectivity index (χ0v) is 16.3. The molecule has 132 valence electrons. The van der Waals surface area contributed by atoms with Crippen molar-refractivity contribution in [2.24, 2.45) is 0 Å². The standard InChI is InChI=1S/C19H23BrFNO.ClH/c1-2-3-4-11-22-13-16-12-17(20)7-10-19(16)23-14-15-5-8-18(21)9-6-15;/h5-10,12,22H,2-4,11,13-14H2,1H3;1H. The predicted molar refractivity (Wildman–Crippen MR) is 103 cm³/mol. The van der Waals surface area contributed by atoms with Crippen molar-refractivity contribution in [2.75, 3.05) is 6.54 Å². The topological polar surface area (TPSA) is 21.3 Å². The van der Waals surface area contributed by atoms with Crippen LogP contribution in [0.5, 0.6) is 5.75 Å². The summed E-state index contributed by atoms with van der Waals surface area (Å²) >= 11 is 3.51. The molecule has 1 N–H and O–H groups in total. The molecule has 24 heavy (non-hydrogen) atoms. The van der Waals surface area contributed by atoms with Crippen LogP contribution in [0.25, 0.3) is 0 Å². The third-order valence-corrected chi connectivity index (χ3v) is 4.10. The first-order valence-electron chi connectivity index (χ1n) is 8.05. The van der Waals surface area contributed by atoms with Crippen LogP contribution in [-0.2, 0) is 13.2 Å². The first-order chi connectivity index (χ1) is 11.2. The second-order valence-electron chi connectivity index (χ2n) is 5.55. The normalized spacial score (nSPS) is 10.3. The van der Waals surface area contributed by atoms with Gasteiger partial charge in [-0.3, -0.25) is 0 Å². The molecule has 5 heteroatoms. The summed E-state index contributed by atoms with van der Waals surface area (Å²) in [4.78, 5) is 0. The maximum atomic E-state index is 12.9. The molecule has 0 aliphatic rings. The predicted octanol–water partition coefficient (Wildman–Crippen LogP) is 5.87. The number of nitrogens with one attached hydrogen (secondary N) is 1. The molecule has 0 aliphatic heterocycles. The molecule has 0 bridgehead atoms. The largest absolute Gasteiger partial charge is 0.489 e.